The van der Waals surface area contributed by atoms with Crippen LogP contribution in [-0.2, 0) is 9.22 Å². The third kappa shape index (κ3) is 5.10. The monoisotopic (exact) mass is 399 g/mol. The average molecular weight is 400 g/mol. The first-order valence-corrected chi connectivity index (χ1v) is 11.8. The number of likely N-dealkylation sites (N-methyl/N-ethyl adjacent to an activating group) is 1. The van der Waals surface area contributed by atoms with Crippen LogP contribution in [0.3, 0.4) is 0 Å². The van der Waals surface area contributed by atoms with Crippen molar-refractivity contribution in [2.75, 3.05) is 20.1 Å². The summed E-state index contributed by atoms with van der Waals surface area (Å²) >= 11 is 0. The SMILES string of the molecule is CCN(C)C[C@@H](CC(=O)O)O[Si](c1ccccc1)(c1ccccc1)C(C)(C)C. The third-order valence-electron chi connectivity index (χ3n) is 5.22. The maximum atomic E-state index is 11.6. The quantitative estimate of drug-likeness (QED) is 0.657. The van der Waals surface area contributed by atoms with Crippen molar-refractivity contribution in [1.29, 1.82) is 0 Å². The second kappa shape index (κ2) is 9.50. The molecule has 5 heteroatoms. The molecule has 28 heavy (non-hydrogen) atoms. The number of carbonyl (C=O) groups is 1. The zero-order chi connectivity index (χ0) is 20.8. The van der Waals surface area contributed by atoms with Gasteiger partial charge in [-0.15, -0.1) is 0 Å². The fourth-order valence-electron chi connectivity index (χ4n) is 3.76. The van der Waals surface area contributed by atoms with E-state index in [0.717, 1.165) is 6.54 Å². The summed E-state index contributed by atoms with van der Waals surface area (Å²) in [6, 6.07) is 20.7. The van der Waals surface area contributed by atoms with Gasteiger partial charge in [0.1, 0.15) is 0 Å². The Morgan fingerprint density at radius 3 is 1.86 bits per heavy atom. The van der Waals surface area contributed by atoms with Crippen LogP contribution in [0.2, 0.25) is 5.04 Å². The first-order valence-electron chi connectivity index (χ1n) is 9.90. The largest absolute Gasteiger partial charge is 0.481 e. The van der Waals surface area contributed by atoms with Gasteiger partial charge >= 0.3 is 5.97 Å². The molecule has 2 aromatic rings. The van der Waals surface area contributed by atoms with E-state index >= 15 is 0 Å². The summed E-state index contributed by atoms with van der Waals surface area (Å²) in [6.45, 7) is 10.1. The van der Waals surface area contributed by atoms with Gasteiger partial charge in [0.05, 0.1) is 12.5 Å². The van der Waals surface area contributed by atoms with E-state index < -0.39 is 14.3 Å². The van der Waals surface area contributed by atoms with Crippen molar-refractivity contribution >= 4 is 24.7 Å². The van der Waals surface area contributed by atoms with Gasteiger partial charge in [0.25, 0.3) is 8.32 Å². The summed E-state index contributed by atoms with van der Waals surface area (Å²) in [6.07, 6.45) is -0.386. The molecule has 2 rings (SSSR count). The lowest BCUT2D eigenvalue weighted by atomic mass is 10.2. The highest BCUT2D eigenvalue weighted by molar-refractivity contribution is 6.99. The summed E-state index contributed by atoms with van der Waals surface area (Å²) in [7, 11) is -0.745. The normalized spacial score (nSPS) is 13.5. The Hall–Kier alpha value is -1.95. The topological polar surface area (TPSA) is 49.8 Å². The second-order valence-corrected chi connectivity index (χ2v) is 12.6. The molecule has 152 valence electrons. The summed E-state index contributed by atoms with van der Waals surface area (Å²) in [4.78, 5) is 13.7. The minimum atomic E-state index is -2.75. The molecule has 0 spiro atoms. The fourth-order valence-corrected chi connectivity index (χ4v) is 8.43. The zero-order valence-electron chi connectivity index (χ0n) is 17.7. The molecule has 2 aromatic carbocycles. The van der Waals surface area contributed by atoms with E-state index in [9.17, 15) is 9.90 Å². The highest BCUT2D eigenvalue weighted by atomic mass is 28.4. The van der Waals surface area contributed by atoms with Gasteiger partial charge in [-0.1, -0.05) is 88.4 Å². The van der Waals surface area contributed by atoms with Crippen LogP contribution < -0.4 is 10.4 Å². The highest BCUT2D eigenvalue weighted by Crippen LogP contribution is 2.37. The van der Waals surface area contributed by atoms with Crippen molar-refractivity contribution in [3.63, 3.8) is 0 Å². The van der Waals surface area contributed by atoms with Gasteiger partial charge in [0.15, 0.2) is 0 Å². The Morgan fingerprint density at radius 2 is 1.50 bits per heavy atom. The van der Waals surface area contributed by atoms with Gasteiger partial charge in [-0.25, -0.2) is 0 Å². The Bertz CT molecular complexity index is 704. The van der Waals surface area contributed by atoms with Crippen LogP contribution in [0.15, 0.2) is 60.7 Å². The van der Waals surface area contributed by atoms with Crippen LogP contribution in [0, 0.1) is 0 Å². The van der Waals surface area contributed by atoms with Gasteiger partial charge in [0, 0.05) is 6.54 Å². The number of carboxylic acid groups (broad SMARTS) is 1. The second-order valence-electron chi connectivity index (χ2n) is 8.36. The summed E-state index contributed by atoms with van der Waals surface area (Å²) in [5, 5.41) is 11.7. The number of nitrogens with zero attached hydrogens (tertiary/aromatic N) is 1. The molecule has 0 aliphatic rings. The van der Waals surface area contributed by atoms with Crippen LogP contribution in [0.5, 0.6) is 0 Å². The molecular formula is C23H33NO3Si. The van der Waals surface area contributed by atoms with E-state index in [2.05, 4.69) is 56.9 Å². The molecule has 1 N–H and O–H groups in total. The van der Waals surface area contributed by atoms with E-state index in [1.54, 1.807) is 0 Å². The number of rotatable bonds is 9. The zero-order valence-corrected chi connectivity index (χ0v) is 18.7. The van der Waals surface area contributed by atoms with Crippen molar-refractivity contribution < 1.29 is 14.3 Å². The number of hydrogen-bond donors (Lipinski definition) is 1. The van der Waals surface area contributed by atoms with Crippen molar-refractivity contribution in [3.05, 3.63) is 60.7 Å². The molecule has 4 nitrogen and oxygen atoms in total. The standard InChI is InChI=1S/C23H33NO3Si/c1-6-24(5)18-19(17-22(25)26)27-28(23(2,3)4,20-13-9-7-10-14-20)21-15-11-8-12-16-21/h7-16,19H,6,17-18H2,1-5H3,(H,25,26)/t19-/m1/s1. The molecule has 0 unspecified atom stereocenters. The summed E-state index contributed by atoms with van der Waals surface area (Å²) in [5.41, 5.74) is 0. The lowest BCUT2D eigenvalue weighted by Crippen LogP contribution is -2.68. The first-order chi connectivity index (χ1) is 13.2. The predicted octanol–water partition coefficient (Wildman–Crippen LogP) is 3.36. The number of aliphatic carboxylic acids is 1. The molecule has 0 bridgehead atoms. The number of hydrogen-bond acceptors (Lipinski definition) is 3. The molecule has 0 radical (unpaired) electrons. The van der Waals surface area contributed by atoms with E-state index in [-0.39, 0.29) is 17.6 Å². The van der Waals surface area contributed by atoms with E-state index in [4.69, 9.17) is 4.43 Å². The predicted molar refractivity (Wildman–Crippen MR) is 118 cm³/mol. The van der Waals surface area contributed by atoms with Crippen LogP contribution in [0.4, 0.5) is 0 Å². The van der Waals surface area contributed by atoms with E-state index in [0.29, 0.717) is 6.54 Å². The molecule has 0 heterocycles. The highest BCUT2D eigenvalue weighted by Gasteiger charge is 2.51. The van der Waals surface area contributed by atoms with E-state index in [1.807, 2.05) is 43.4 Å². The average Bonchev–Trinajstić information content (AvgIpc) is 2.65. The van der Waals surface area contributed by atoms with Crippen molar-refractivity contribution in [2.24, 2.45) is 0 Å². The maximum absolute atomic E-state index is 11.6. The van der Waals surface area contributed by atoms with Gasteiger partial charge in [-0.2, -0.15) is 0 Å². The fraction of sp³-hybridized carbons (Fsp3) is 0.435. The lowest BCUT2D eigenvalue weighted by Gasteiger charge is -2.45. The Balaban J connectivity index is 2.63. The van der Waals surface area contributed by atoms with Gasteiger partial charge in [-0.05, 0) is 29.0 Å². The minimum Gasteiger partial charge on any atom is -0.481 e. The molecule has 1 atom stereocenters. The van der Waals surface area contributed by atoms with Crippen LogP contribution in [0.1, 0.15) is 34.1 Å². The molecule has 0 fully saturated rings. The number of carboxylic acids is 1. The Kier molecular flexibility index (Phi) is 7.58. The molecule has 0 saturated heterocycles. The smallest absolute Gasteiger partial charge is 0.305 e. The summed E-state index contributed by atoms with van der Waals surface area (Å²) in [5.74, 6) is -0.826. The van der Waals surface area contributed by atoms with Crippen molar-refractivity contribution in [1.82, 2.24) is 4.90 Å². The van der Waals surface area contributed by atoms with Crippen molar-refractivity contribution in [3.8, 4) is 0 Å². The van der Waals surface area contributed by atoms with Gasteiger partial charge < -0.3 is 14.4 Å². The first kappa shape index (κ1) is 22.3. The van der Waals surface area contributed by atoms with Gasteiger partial charge in [-0.3, -0.25) is 4.79 Å². The molecule has 0 amide bonds. The van der Waals surface area contributed by atoms with Crippen molar-refractivity contribution in [2.45, 2.75) is 45.3 Å². The van der Waals surface area contributed by atoms with Crippen LogP contribution in [-0.4, -0.2) is 50.5 Å². The molecule has 0 aliphatic heterocycles. The van der Waals surface area contributed by atoms with E-state index in [1.165, 1.54) is 10.4 Å². The maximum Gasteiger partial charge on any atom is 0.305 e. The lowest BCUT2D eigenvalue weighted by molar-refractivity contribution is -0.139. The molecular weight excluding hydrogens is 366 g/mol. The Morgan fingerprint density at radius 1 is 1.04 bits per heavy atom. The van der Waals surface area contributed by atoms with Crippen LogP contribution in [0.25, 0.3) is 0 Å². The third-order valence-corrected chi connectivity index (χ3v) is 10.3. The van der Waals surface area contributed by atoms with Gasteiger partial charge in [0.2, 0.25) is 0 Å². The molecule has 0 aliphatic carbocycles. The number of benzene rings is 2. The van der Waals surface area contributed by atoms with Crippen LogP contribution >= 0.6 is 0 Å². The summed E-state index contributed by atoms with van der Waals surface area (Å²) < 4.78 is 6.97. The minimum absolute atomic E-state index is 0.00512. The molecule has 0 aromatic heterocycles. The Labute approximate surface area is 170 Å². The molecule has 0 saturated carbocycles.